The molecule has 0 aliphatic rings. The Bertz CT molecular complexity index is 3030. The van der Waals surface area contributed by atoms with Gasteiger partial charge in [0.05, 0.1) is 11.0 Å². The molecule has 238 valence electrons. The van der Waals surface area contributed by atoms with Crippen LogP contribution in [0, 0.1) is 0 Å². The lowest BCUT2D eigenvalue weighted by Crippen LogP contribution is -1.99. The van der Waals surface area contributed by atoms with Crippen LogP contribution in [0.3, 0.4) is 0 Å². The molecule has 51 heavy (non-hydrogen) atoms. The van der Waals surface area contributed by atoms with Crippen molar-refractivity contribution in [1.29, 1.82) is 0 Å². The zero-order valence-corrected chi connectivity index (χ0v) is 28.7. The summed E-state index contributed by atoms with van der Waals surface area (Å²) in [4.78, 5) is 14.9. The standard InChI is InChI=1S/C45H26N4S2/c1-3-11-27(12-4-1)43-46-44(28-13-5-2-6-14-28)48-45(47-43)29-19-21-33-39(25-29)50-37-23-24-38-42(41(33)37)34-22-20-30(26-40(34)51-38)49-35-17-9-7-15-31(35)32-16-8-10-18-36(32)49/h1-26H. The largest absolute Gasteiger partial charge is 0.309 e. The number of aromatic nitrogens is 4. The maximum absolute atomic E-state index is 4.99. The number of nitrogens with zero attached hydrogens (tertiary/aromatic N) is 4. The van der Waals surface area contributed by atoms with Gasteiger partial charge in [0.15, 0.2) is 17.5 Å². The molecule has 0 amide bonds. The first kappa shape index (κ1) is 28.6. The Balaban J connectivity index is 1.08. The van der Waals surface area contributed by atoms with Crippen LogP contribution in [-0.4, -0.2) is 19.5 Å². The molecule has 11 rings (SSSR count). The van der Waals surface area contributed by atoms with Crippen LogP contribution >= 0.6 is 22.7 Å². The molecule has 0 atom stereocenters. The number of para-hydroxylation sites is 2. The molecule has 0 aliphatic carbocycles. The predicted molar refractivity (Wildman–Crippen MR) is 216 cm³/mol. The van der Waals surface area contributed by atoms with Gasteiger partial charge in [-0.2, -0.15) is 0 Å². The van der Waals surface area contributed by atoms with Crippen LogP contribution in [-0.2, 0) is 0 Å². The third kappa shape index (κ3) is 4.47. The summed E-state index contributed by atoms with van der Waals surface area (Å²) < 4.78 is 7.50. The van der Waals surface area contributed by atoms with Gasteiger partial charge >= 0.3 is 0 Å². The van der Waals surface area contributed by atoms with Gasteiger partial charge < -0.3 is 4.57 Å². The van der Waals surface area contributed by atoms with Gasteiger partial charge in [0.1, 0.15) is 0 Å². The first-order valence-corrected chi connectivity index (χ1v) is 18.6. The third-order valence-corrected chi connectivity index (χ3v) is 12.1. The number of thiophene rings is 2. The summed E-state index contributed by atoms with van der Waals surface area (Å²) in [7, 11) is 0. The van der Waals surface area contributed by atoms with Crippen LogP contribution < -0.4 is 0 Å². The second-order valence-corrected chi connectivity index (χ2v) is 15.0. The van der Waals surface area contributed by atoms with E-state index in [0.717, 1.165) is 16.7 Å². The first-order valence-electron chi connectivity index (χ1n) is 16.9. The first-order chi connectivity index (χ1) is 25.3. The fourth-order valence-corrected chi connectivity index (χ4v) is 9.84. The molecule has 0 fully saturated rings. The van der Waals surface area contributed by atoms with E-state index in [2.05, 4.69) is 102 Å². The fourth-order valence-electron chi connectivity index (χ4n) is 7.54. The maximum atomic E-state index is 4.99. The number of rotatable bonds is 4. The molecule has 0 spiro atoms. The Morgan fingerprint density at radius 3 is 1.39 bits per heavy atom. The van der Waals surface area contributed by atoms with Crippen LogP contribution in [0.4, 0.5) is 0 Å². The highest BCUT2D eigenvalue weighted by molar-refractivity contribution is 7.28. The molecule has 4 nitrogen and oxygen atoms in total. The monoisotopic (exact) mass is 686 g/mol. The van der Waals surface area contributed by atoms with Crippen LogP contribution in [0.5, 0.6) is 0 Å². The van der Waals surface area contributed by atoms with E-state index in [1.54, 1.807) is 0 Å². The van der Waals surface area contributed by atoms with Gasteiger partial charge in [-0.1, -0.05) is 115 Å². The Hall–Kier alpha value is -6.21. The number of benzene rings is 7. The van der Waals surface area contributed by atoms with Gasteiger partial charge in [-0.15, -0.1) is 22.7 Å². The summed E-state index contributed by atoms with van der Waals surface area (Å²) in [5.41, 5.74) is 6.55. The van der Waals surface area contributed by atoms with E-state index in [4.69, 9.17) is 15.0 Å². The van der Waals surface area contributed by atoms with E-state index in [1.807, 2.05) is 83.3 Å². The summed E-state index contributed by atoms with van der Waals surface area (Å²) in [5.74, 6) is 2.01. The smallest absolute Gasteiger partial charge is 0.164 e. The summed E-state index contributed by atoms with van der Waals surface area (Å²) in [5, 5.41) is 7.77. The minimum atomic E-state index is 0.669. The molecular formula is C45H26N4S2. The van der Waals surface area contributed by atoms with E-state index in [-0.39, 0.29) is 0 Å². The highest BCUT2D eigenvalue weighted by Gasteiger charge is 2.18. The Kier molecular flexibility index (Phi) is 6.26. The molecule has 0 saturated carbocycles. The Morgan fingerprint density at radius 1 is 0.353 bits per heavy atom. The van der Waals surface area contributed by atoms with Gasteiger partial charge in [0.25, 0.3) is 0 Å². The van der Waals surface area contributed by atoms with Crippen molar-refractivity contribution in [3.05, 3.63) is 158 Å². The average molecular weight is 687 g/mol. The molecule has 4 aromatic heterocycles. The molecule has 0 saturated heterocycles. The summed E-state index contributed by atoms with van der Waals surface area (Å²) in [6, 6.07) is 55.9. The second-order valence-electron chi connectivity index (χ2n) is 12.8. The minimum absolute atomic E-state index is 0.669. The van der Waals surface area contributed by atoms with Crippen molar-refractivity contribution in [2.45, 2.75) is 0 Å². The quantitative estimate of drug-likeness (QED) is 0.185. The topological polar surface area (TPSA) is 43.6 Å². The van der Waals surface area contributed by atoms with Crippen molar-refractivity contribution >= 4 is 84.8 Å². The van der Waals surface area contributed by atoms with E-state index < -0.39 is 0 Å². The molecule has 0 aliphatic heterocycles. The second kappa shape index (κ2) is 11.2. The molecular weight excluding hydrogens is 661 g/mol. The van der Waals surface area contributed by atoms with E-state index in [0.29, 0.717) is 17.5 Å². The number of fused-ring (bicyclic) bond motifs is 10. The number of hydrogen-bond donors (Lipinski definition) is 0. The summed E-state index contributed by atoms with van der Waals surface area (Å²) in [6.07, 6.45) is 0. The molecule has 6 heteroatoms. The van der Waals surface area contributed by atoms with E-state index in [9.17, 15) is 0 Å². The normalized spacial score (nSPS) is 11.9. The van der Waals surface area contributed by atoms with Crippen molar-refractivity contribution < 1.29 is 0 Å². The zero-order chi connectivity index (χ0) is 33.5. The van der Waals surface area contributed by atoms with Crippen LogP contribution in [0.25, 0.3) is 102 Å². The van der Waals surface area contributed by atoms with Gasteiger partial charge in [-0.3, -0.25) is 0 Å². The van der Waals surface area contributed by atoms with Crippen LogP contribution in [0.15, 0.2) is 158 Å². The molecule has 0 N–H and O–H groups in total. The lowest BCUT2D eigenvalue weighted by Gasteiger charge is -2.08. The third-order valence-electron chi connectivity index (χ3n) is 9.85. The molecule has 0 bridgehead atoms. The highest BCUT2D eigenvalue weighted by atomic mass is 32.1. The van der Waals surface area contributed by atoms with Crippen molar-refractivity contribution in [2.24, 2.45) is 0 Å². The number of hydrogen-bond acceptors (Lipinski definition) is 5. The predicted octanol–water partition coefficient (Wildman–Crippen LogP) is 12.7. The lowest BCUT2D eigenvalue weighted by molar-refractivity contribution is 1.07. The van der Waals surface area contributed by atoms with Crippen LogP contribution in [0.1, 0.15) is 0 Å². The van der Waals surface area contributed by atoms with Gasteiger partial charge in [-0.05, 0) is 42.5 Å². The van der Waals surface area contributed by atoms with Crippen molar-refractivity contribution in [3.63, 3.8) is 0 Å². The molecule has 7 aromatic carbocycles. The summed E-state index contributed by atoms with van der Waals surface area (Å²) in [6.45, 7) is 0. The van der Waals surface area contributed by atoms with Crippen molar-refractivity contribution in [2.75, 3.05) is 0 Å². The lowest BCUT2D eigenvalue weighted by atomic mass is 10.0. The van der Waals surface area contributed by atoms with Crippen molar-refractivity contribution in [1.82, 2.24) is 19.5 Å². The SMILES string of the molecule is c1ccc(-c2nc(-c3ccccc3)nc(-c3ccc4c(c3)sc3ccc5sc6cc(-n7c8ccccc8c8ccccc87)ccc6c5c34)n2)cc1. The van der Waals surface area contributed by atoms with Gasteiger partial charge in [0.2, 0.25) is 0 Å². The van der Waals surface area contributed by atoms with Crippen molar-refractivity contribution in [3.8, 4) is 39.9 Å². The zero-order valence-electron chi connectivity index (χ0n) is 27.1. The molecule has 0 unspecified atom stereocenters. The Labute approximate surface area is 300 Å². The van der Waals surface area contributed by atoms with E-state index >= 15 is 0 Å². The molecule has 11 aromatic rings. The van der Waals surface area contributed by atoms with Gasteiger partial charge in [0, 0.05) is 73.5 Å². The fraction of sp³-hybridized carbons (Fsp3) is 0. The minimum Gasteiger partial charge on any atom is -0.309 e. The molecule has 4 heterocycles. The van der Waals surface area contributed by atoms with Crippen LogP contribution in [0.2, 0.25) is 0 Å². The van der Waals surface area contributed by atoms with Gasteiger partial charge in [-0.25, -0.2) is 15.0 Å². The highest BCUT2D eigenvalue weighted by Crippen LogP contribution is 2.46. The maximum Gasteiger partial charge on any atom is 0.164 e. The average Bonchev–Trinajstić information content (AvgIpc) is 3.87. The Morgan fingerprint density at radius 2 is 0.824 bits per heavy atom. The van der Waals surface area contributed by atoms with E-state index in [1.165, 1.54) is 67.8 Å². The molecule has 0 radical (unpaired) electrons. The summed E-state index contributed by atoms with van der Waals surface area (Å²) >= 11 is 3.71.